The van der Waals surface area contributed by atoms with Gasteiger partial charge < -0.3 is 10.8 Å². The minimum absolute atomic E-state index is 0.281. The van der Waals surface area contributed by atoms with E-state index in [1.807, 2.05) is 36.4 Å². The molecule has 0 aromatic heterocycles. The molecule has 0 saturated heterocycles. The maximum absolute atomic E-state index is 11.3. The Morgan fingerprint density at radius 2 is 1.96 bits per heavy atom. The minimum Gasteiger partial charge on any atom is -0.478 e. The van der Waals surface area contributed by atoms with Gasteiger partial charge in [-0.1, -0.05) is 44.0 Å². The van der Waals surface area contributed by atoms with Crippen LogP contribution in [-0.2, 0) is 11.2 Å². The number of nitrogens with two attached hydrogens (primary N) is 1. The van der Waals surface area contributed by atoms with Crippen LogP contribution in [0, 0.1) is 0 Å². The van der Waals surface area contributed by atoms with Crippen molar-refractivity contribution in [3.8, 4) is 11.1 Å². The molecule has 0 unspecified atom stereocenters. The summed E-state index contributed by atoms with van der Waals surface area (Å²) >= 11 is 4.54. The van der Waals surface area contributed by atoms with Gasteiger partial charge in [-0.15, -0.1) is 12.6 Å². The molecule has 0 heterocycles. The van der Waals surface area contributed by atoms with Gasteiger partial charge in [-0.25, -0.2) is 4.79 Å². The van der Waals surface area contributed by atoms with E-state index in [2.05, 4.69) is 19.6 Å². The summed E-state index contributed by atoms with van der Waals surface area (Å²) in [6.45, 7) is 3.77. The summed E-state index contributed by atoms with van der Waals surface area (Å²) in [5.41, 5.74) is 11.0. The molecule has 2 aromatic rings. The van der Waals surface area contributed by atoms with Gasteiger partial charge in [0.2, 0.25) is 0 Å². The lowest BCUT2D eigenvalue weighted by atomic mass is 9.92. The van der Waals surface area contributed by atoms with Crippen molar-refractivity contribution in [1.82, 2.24) is 0 Å². The Kier molecular flexibility index (Phi) is 6.71. The van der Waals surface area contributed by atoms with Crippen LogP contribution in [0.25, 0.3) is 17.2 Å². The van der Waals surface area contributed by atoms with E-state index in [-0.39, 0.29) is 5.57 Å². The predicted molar refractivity (Wildman–Crippen MR) is 108 cm³/mol. The van der Waals surface area contributed by atoms with Crippen LogP contribution in [0.4, 0.5) is 5.69 Å². The highest BCUT2D eigenvalue weighted by Crippen LogP contribution is 2.36. The number of unbranched alkanes of at least 4 members (excludes halogenated alkanes) is 2. The fourth-order valence-electron chi connectivity index (χ4n) is 2.88. The zero-order valence-electron chi connectivity index (χ0n) is 14.7. The summed E-state index contributed by atoms with van der Waals surface area (Å²) < 4.78 is 0. The second-order valence-corrected chi connectivity index (χ2v) is 6.74. The Morgan fingerprint density at radius 3 is 2.60 bits per heavy atom. The van der Waals surface area contributed by atoms with E-state index in [0.29, 0.717) is 5.69 Å². The molecular formula is C21H25NO2S. The second kappa shape index (κ2) is 8.77. The average Bonchev–Trinajstić information content (AvgIpc) is 2.56. The van der Waals surface area contributed by atoms with E-state index in [0.717, 1.165) is 46.4 Å². The van der Waals surface area contributed by atoms with Gasteiger partial charge in [0.25, 0.3) is 0 Å². The van der Waals surface area contributed by atoms with Gasteiger partial charge in [0.05, 0.1) is 0 Å². The molecule has 0 bridgehead atoms. The molecule has 0 aliphatic heterocycles. The molecule has 0 spiro atoms. The third kappa shape index (κ3) is 4.89. The molecule has 0 aliphatic carbocycles. The number of thiol groups is 1. The van der Waals surface area contributed by atoms with Crippen LogP contribution >= 0.6 is 12.6 Å². The van der Waals surface area contributed by atoms with E-state index < -0.39 is 5.97 Å². The number of anilines is 1. The average molecular weight is 356 g/mol. The van der Waals surface area contributed by atoms with Gasteiger partial charge >= 0.3 is 5.97 Å². The Balaban J connectivity index is 2.59. The van der Waals surface area contributed by atoms with E-state index in [4.69, 9.17) is 5.73 Å². The maximum atomic E-state index is 11.3. The monoisotopic (exact) mass is 355 g/mol. The molecule has 0 fully saturated rings. The van der Waals surface area contributed by atoms with Crippen LogP contribution in [0.15, 0.2) is 46.9 Å². The molecule has 0 amide bonds. The van der Waals surface area contributed by atoms with Gasteiger partial charge in [0.1, 0.15) is 0 Å². The zero-order chi connectivity index (χ0) is 18.4. The highest BCUT2D eigenvalue weighted by Gasteiger charge is 2.13. The van der Waals surface area contributed by atoms with Gasteiger partial charge in [-0.05, 0) is 54.7 Å². The largest absolute Gasteiger partial charge is 0.478 e. The third-order valence-corrected chi connectivity index (χ3v) is 4.60. The van der Waals surface area contributed by atoms with Gasteiger partial charge in [-0.2, -0.15) is 0 Å². The van der Waals surface area contributed by atoms with Crippen LogP contribution in [0.3, 0.4) is 0 Å². The molecule has 2 rings (SSSR count). The fraction of sp³-hybridized carbons (Fsp3) is 0.286. The molecule has 132 valence electrons. The lowest BCUT2D eigenvalue weighted by molar-refractivity contribution is -0.132. The quantitative estimate of drug-likeness (QED) is 0.268. The van der Waals surface area contributed by atoms with E-state index >= 15 is 0 Å². The predicted octanol–water partition coefficient (Wildman–Crippen LogP) is 5.45. The summed E-state index contributed by atoms with van der Waals surface area (Å²) in [5.74, 6) is -0.930. The summed E-state index contributed by atoms with van der Waals surface area (Å²) in [7, 11) is 0. The first kappa shape index (κ1) is 19.1. The molecular weight excluding hydrogens is 330 g/mol. The van der Waals surface area contributed by atoms with Crippen molar-refractivity contribution in [2.45, 2.75) is 44.4 Å². The highest BCUT2D eigenvalue weighted by atomic mass is 32.1. The summed E-state index contributed by atoms with van der Waals surface area (Å²) in [4.78, 5) is 12.1. The van der Waals surface area contributed by atoms with E-state index in [1.165, 1.54) is 6.42 Å². The van der Waals surface area contributed by atoms with Crippen molar-refractivity contribution in [2.75, 3.05) is 5.73 Å². The summed E-state index contributed by atoms with van der Waals surface area (Å²) in [6, 6.07) is 11.8. The molecule has 0 aliphatic rings. The second-order valence-electron chi connectivity index (χ2n) is 6.26. The number of aliphatic carboxylic acids is 1. The van der Waals surface area contributed by atoms with Crippen LogP contribution in [0.1, 0.15) is 44.2 Å². The molecule has 2 aromatic carbocycles. The van der Waals surface area contributed by atoms with Gasteiger partial charge in [0.15, 0.2) is 0 Å². The first-order chi connectivity index (χ1) is 11.9. The molecule has 25 heavy (non-hydrogen) atoms. The summed E-state index contributed by atoms with van der Waals surface area (Å²) in [6.07, 6.45) is 6.05. The van der Waals surface area contributed by atoms with Gasteiger partial charge in [-0.3, -0.25) is 0 Å². The molecule has 0 saturated carbocycles. The Labute approximate surface area is 155 Å². The molecule has 0 radical (unpaired) electrons. The molecule has 3 N–H and O–H groups in total. The highest BCUT2D eigenvalue weighted by molar-refractivity contribution is 7.80. The van der Waals surface area contributed by atoms with Crippen molar-refractivity contribution >= 4 is 30.4 Å². The first-order valence-corrected chi connectivity index (χ1v) is 9.01. The number of hydrogen-bond acceptors (Lipinski definition) is 3. The smallest absolute Gasteiger partial charge is 0.331 e. The van der Waals surface area contributed by atoms with Crippen molar-refractivity contribution in [1.29, 1.82) is 0 Å². The summed E-state index contributed by atoms with van der Waals surface area (Å²) in [5, 5.41) is 9.26. The van der Waals surface area contributed by atoms with E-state index in [1.54, 1.807) is 13.0 Å². The fourth-order valence-corrected chi connectivity index (χ4v) is 3.15. The number of carboxylic acids is 1. The standard InChI is InChI=1S/C21H25NO2S/c1-3-4-5-8-15-12-16(11-14(2)21(23)24)20(18(22)13-15)17-9-6-7-10-19(17)25/h6-7,9-13,25H,3-5,8,22H2,1-2H3,(H,23,24). The molecule has 3 nitrogen and oxygen atoms in total. The maximum Gasteiger partial charge on any atom is 0.331 e. The van der Waals surface area contributed by atoms with E-state index in [9.17, 15) is 9.90 Å². The van der Waals surface area contributed by atoms with Crippen LogP contribution in [0.5, 0.6) is 0 Å². The Morgan fingerprint density at radius 1 is 1.24 bits per heavy atom. The Hall–Kier alpha value is -2.20. The number of benzene rings is 2. The van der Waals surface area contributed by atoms with Crippen LogP contribution < -0.4 is 5.73 Å². The number of aryl methyl sites for hydroxylation is 1. The number of nitrogen functional groups attached to an aromatic ring is 1. The lowest BCUT2D eigenvalue weighted by Crippen LogP contribution is -2.00. The van der Waals surface area contributed by atoms with Crippen molar-refractivity contribution in [3.05, 3.63) is 53.1 Å². The number of carboxylic acid groups (broad SMARTS) is 1. The number of rotatable bonds is 7. The lowest BCUT2D eigenvalue weighted by Gasteiger charge is -2.15. The van der Waals surface area contributed by atoms with Crippen molar-refractivity contribution in [3.63, 3.8) is 0 Å². The third-order valence-electron chi connectivity index (χ3n) is 4.21. The first-order valence-electron chi connectivity index (χ1n) is 8.56. The topological polar surface area (TPSA) is 63.3 Å². The number of carbonyl (C=O) groups is 1. The molecule has 0 atom stereocenters. The zero-order valence-corrected chi connectivity index (χ0v) is 15.6. The number of hydrogen-bond donors (Lipinski definition) is 3. The molecule has 4 heteroatoms. The SMILES string of the molecule is CCCCCc1cc(N)c(-c2ccccc2S)c(C=C(C)C(=O)O)c1. The minimum atomic E-state index is -0.930. The van der Waals surface area contributed by atoms with Crippen molar-refractivity contribution < 1.29 is 9.90 Å². The Bertz CT molecular complexity index is 796. The van der Waals surface area contributed by atoms with Gasteiger partial charge in [0, 0.05) is 21.7 Å². The van der Waals surface area contributed by atoms with Crippen molar-refractivity contribution in [2.24, 2.45) is 0 Å². The van der Waals surface area contributed by atoms with Crippen LogP contribution in [-0.4, -0.2) is 11.1 Å². The van der Waals surface area contributed by atoms with Crippen LogP contribution in [0.2, 0.25) is 0 Å². The normalized spacial score (nSPS) is 11.6.